The van der Waals surface area contributed by atoms with Crippen LogP contribution in [0.2, 0.25) is 0 Å². The molecule has 2 heterocycles. The van der Waals surface area contributed by atoms with Crippen LogP contribution < -0.4 is 0 Å². The topological polar surface area (TPSA) is 4.93 Å². The Labute approximate surface area is 94.0 Å². The number of pyridine rings is 1. The van der Waals surface area contributed by atoms with Gasteiger partial charge in [-0.1, -0.05) is 30.3 Å². The summed E-state index contributed by atoms with van der Waals surface area (Å²) in [6.07, 6.45) is 6.66. The molecule has 0 N–H and O–H groups in total. The van der Waals surface area contributed by atoms with E-state index in [2.05, 4.69) is 59.3 Å². The maximum Gasteiger partial charge on any atom is 0.0413 e. The molecule has 0 fully saturated rings. The summed E-state index contributed by atoms with van der Waals surface area (Å²) < 4.78 is 2.29. The third-order valence-electron chi connectivity index (χ3n) is 3.38. The quantitative estimate of drug-likeness (QED) is 0.526. The van der Waals surface area contributed by atoms with E-state index >= 15 is 0 Å². The highest BCUT2D eigenvalue weighted by Gasteiger charge is 2.13. The monoisotopic (exact) mass is 205 g/mol. The van der Waals surface area contributed by atoms with Crippen molar-refractivity contribution in [2.45, 2.75) is 6.54 Å². The van der Waals surface area contributed by atoms with Crippen LogP contribution in [0.4, 0.5) is 0 Å². The molecule has 1 aromatic carbocycles. The number of fused-ring (bicyclic) bond motifs is 4. The average Bonchev–Trinajstić information content (AvgIpc) is 2.88. The maximum absolute atomic E-state index is 2.29. The minimum Gasteiger partial charge on any atom is -0.344 e. The molecular weight excluding hydrogens is 194 g/mol. The van der Waals surface area contributed by atoms with Crippen LogP contribution in [0.15, 0.2) is 48.7 Å². The van der Waals surface area contributed by atoms with Gasteiger partial charge in [-0.3, -0.25) is 0 Å². The highest BCUT2D eigenvalue weighted by Crippen LogP contribution is 2.35. The first-order valence-corrected chi connectivity index (χ1v) is 5.60. The van der Waals surface area contributed by atoms with Gasteiger partial charge in [-0.2, -0.15) is 0 Å². The Bertz CT molecular complexity index is 688. The molecule has 0 spiro atoms. The number of nitrogens with zero attached hydrogens (tertiary/aromatic N) is 1. The van der Waals surface area contributed by atoms with Crippen molar-refractivity contribution in [1.29, 1.82) is 0 Å². The fourth-order valence-corrected chi connectivity index (χ4v) is 2.60. The minimum absolute atomic E-state index is 1.01. The molecule has 0 bridgehead atoms. The zero-order valence-corrected chi connectivity index (χ0v) is 8.85. The second-order valence-electron chi connectivity index (χ2n) is 4.35. The zero-order valence-electron chi connectivity index (χ0n) is 8.85. The molecule has 1 aromatic rings. The molecular formula is C15H11N. The van der Waals surface area contributed by atoms with Crippen molar-refractivity contribution in [3.05, 3.63) is 54.4 Å². The van der Waals surface area contributed by atoms with Gasteiger partial charge in [-0.05, 0) is 40.1 Å². The van der Waals surface area contributed by atoms with E-state index in [1.54, 1.807) is 0 Å². The molecule has 76 valence electrons. The van der Waals surface area contributed by atoms with Crippen molar-refractivity contribution in [1.82, 2.24) is 4.57 Å². The van der Waals surface area contributed by atoms with Crippen LogP contribution in [0.5, 0.6) is 0 Å². The largest absolute Gasteiger partial charge is 0.344 e. The summed E-state index contributed by atoms with van der Waals surface area (Å²) in [4.78, 5) is 0. The van der Waals surface area contributed by atoms with E-state index in [9.17, 15) is 0 Å². The van der Waals surface area contributed by atoms with Crippen molar-refractivity contribution >= 4 is 16.8 Å². The third-order valence-corrected chi connectivity index (χ3v) is 3.38. The molecule has 0 unspecified atom stereocenters. The fourth-order valence-electron chi connectivity index (χ4n) is 2.60. The molecule has 16 heavy (non-hydrogen) atoms. The lowest BCUT2D eigenvalue weighted by molar-refractivity contribution is 0.832. The van der Waals surface area contributed by atoms with E-state index in [4.69, 9.17) is 0 Å². The van der Waals surface area contributed by atoms with Gasteiger partial charge in [0.25, 0.3) is 0 Å². The van der Waals surface area contributed by atoms with Gasteiger partial charge in [0.1, 0.15) is 0 Å². The highest BCUT2D eigenvalue weighted by atomic mass is 15.0. The summed E-state index contributed by atoms with van der Waals surface area (Å²) in [7, 11) is 0. The Morgan fingerprint density at radius 1 is 1.06 bits per heavy atom. The summed E-state index contributed by atoms with van der Waals surface area (Å²) in [5, 5.41) is 2.70. The lowest BCUT2D eigenvalue weighted by atomic mass is 10.1. The number of aromatic nitrogens is 1. The summed E-state index contributed by atoms with van der Waals surface area (Å²) in [6.45, 7) is 1.01. The molecule has 2 aliphatic heterocycles. The molecule has 3 aliphatic rings. The molecule has 1 aliphatic carbocycles. The van der Waals surface area contributed by atoms with Gasteiger partial charge in [0.2, 0.25) is 0 Å². The number of rotatable bonds is 0. The molecule has 0 aromatic heterocycles. The first-order chi connectivity index (χ1) is 7.92. The van der Waals surface area contributed by atoms with Crippen LogP contribution in [0.25, 0.3) is 28.0 Å². The molecule has 1 nitrogen and oxygen atoms in total. The molecule has 0 atom stereocenters. The van der Waals surface area contributed by atoms with Crippen LogP contribution in [-0.2, 0) is 6.54 Å². The van der Waals surface area contributed by atoms with Crippen molar-refractivity contribution in [3.8, 4) is 11.1 Å². The van der Waals surface area contributed by atoms with Gasteiger partial charge in [0, 0.05) is 18.4 Å². The molecule has 0 radical (unpaired) electrons. The van der Waals surface area contributed by atoms with Crippen LogP contribution in [0.3, 0.4) is 0 Å². The standard InChI is InChI=1S/C15H11N/c1-2-6-14-11(4-1)8-12-10-16-7-3-5-13(16)9-15(12)14/h1-6,8-10H,7H2. The number of hydrogen-bond donors (Lipinski definition) is 0. The summed E-state index contributed by atoms with van der Waals surface area (Å²) in [6, 6.07) is 13.2. The Morgan fingerprint density at radius 2 is 2.00 bits per heavy atom. The summed E-state index contributed by atoms with van der Waals surface area (Å²) in [5.74, 6) is 0. The molecule has 4 rings (SSSR count). The second kappa shape index (κ2) is 2.76. The predicted octanol–water partition coefficient (Wildman–Crippen LogP) is 3.77. The lowest BCUT2D eigenvalue weighted by Gasteiger charge is -2.08. The van der Waals surface area contributed by atoms with Gasteiger partial charge in [0.05, 0.1) is 0 Å². The minimum atomic E-state index is 1.01. The Kier molecular flexibility index (Phi) is 1.41. The van der Waals surface area contributed by atoms with E-state index in [1.165, 1.54) is 27.6 Å². The Hall–Kier alpha value is -2.02. The summed E-state index contributed by atoms with van der Waals surface area (Å²) in [5.41, 5.74) is 4.02. The Balaban J connectivity index is 2.18. The summed E-state index contributed by atoms with van der Waals surface area (Å²) >= 11 is 0. The Morgan fingerprint density at radius 3 is 3.00 bits per heavy atom. The third kappa shape index (κ3) is 0.951. The first-order valence-electron chi connectivity index (χ1n) is 5.60. The van der Waals surface area contributed by atoms with Crippen molar-refractivity contribution < 1.29 is 0 Å². The second-order valence-corrected chi connectivity index (χ2v) is 4.35. The average molecular weight is 205 g/mol. The van der Waals surface area contributed by atoms with Gasteiger partial charge in [0.15, 0.2) is 0 Å². The normalized spacial score (nSPS) is 13.8. The van der Waals surface area contributed by atoms with Crippen LogP contribution in [0, 0.1) is 0 Å². The van der Waals surface area contributed by atoms with E-state index in [-0.39, 0.29) is 0 Å². The number of hydrogen-bond acceptors (Lipinski definition) is 0. The predicted molar refractivity (Wildman–Crippen MR) is 67.6 cm³/mol. The van der Waals surface area contributed by atoms with Gasteiger partial charge >= 0.3 is 0 Å². The molecule has 0 saturated carbocycles. The van der Waals surface area contributed by atoms with Gasteiger partial charge in [-0.25, -0.2) is 0 Å². The van der Waals surface area contributed by atoms with Crippen molar-refractivity contribution in [2.75, 3.05) is 0 Å². The number of benzene rings is 1. The number of allylic oxidation sites excluding steroid dienone is 1. The zero-order chi connectivity index (χ0) is 10.5. The SMILES string of the molecule is C1=Cc2cc3c4ccccc4cc-3cn2C1. The first kappa shape index (κ1) is 8.17. The molecule has 0 saturated heterocycles. The van der Waals surface area contributed by atoms with E-state index < -0.39 is 0 Å². The van der Waals surface area contributed by atoms with Crippen molar-refractivity contribution in [2.24, 2.45) is 0 Å². The van der Waals surface area contributed by atoms with Crippen LogP contribution in [-0.4, -0.2) is 4.57 Å². The van der Waals surface area contributed by atoms with Crippen LogP contribution >= 0.6 is 0 Å². The van der Waals surface area contributed by atoms with E-state index in [0.717, 1.165) is 6.54 Å². The molecule has 1 heteroatoms. The van der Waals surface area contributed by atoms with Crippen LogP contribution in [0.1, 0.15) is 5.69 Å². The smallest absolute Gasteiger partial charge is 0.0413 e. The van der Waals surface area contributed by atoms with E-state index in [1.807, 2.05) is 0 Å². The van der Waals surface area contributed by atoms with Gasteiger partial charge in [-0.15, -0.1) is 0 Å². The van der Waals surface area contributed by atoms with Crippen molar-refractivity contribution in [3.63, 3.8) is 0 Å². The molecule has 0 amide bonds. The van der Waals surface area contributed by atoms with E-state index in [0.29, 0.717) is 0 Å². The maximum atomic E-state index is 2.29. The lowest BCUT2D eigenvalue weighted by Crippen LogP contribution is -1.96. The fraction of sp³-hybridized carbons (Fsp3) is 0.0667. The van der Waals surface area contributed by atoms with Gasteiger partial charge < -0.3 is 4.57 Å². The highest BCUT2D eigenvalue weighted by molar-refractivity contribution is 6.02.